The number of fused-ring (bicyclic) bond motifs is 2. The van der Waals surface area contributed by atoms with Gasteiger partial charge in [0.15, 0.2) is 10.7 Å². The molecule has 6 nitrogen and oxygen atoms in total. The predicted octanol–water partition coefficient (Wildman–Crippen LogP) is 1.97. The third kappa shape index (κ3) is 1.73. The average Bonchev–Trinajstić information content (AvgIpc) is 3.09. The molecule has 0 saturated carbocycles. The monoisotopic (exact) mass is 276 g/mol. The zero-order valence-electron chi connectivity index (χ0n) is 10.2. The quantitative estimate of drug-likeness (QED) is 0.874. The molecule has 0 bridgehead atoms. The van der Waals surface area contributed by atoms with Gasteiger partial charge in [0.2, 0.25) is 6.23 Å². The Kier molecular flexibility index (Phi) is 2.36. The molecular formula is C12H12N4O2S. The van der Waals surface area contributed by atoms with Crippen LogP contribution in [0.4, 0.5) is 5.69 Å². The highest BCUT2D eigenvalue weighted by Gasteiger charge is 2.29. The number of imidazole rings is 1. The topological polar surface area (TPSA) is 60.3 Å². The Hall–Kier alpha value is -1.86. The third-order valence-electron chi connectivity index (χ3n) is 3.05. The minimum atomic E-state index is -0.237. The number of aromatic nitrogens is 2. The van der Waals surface area contributed by atoms with E-state index in [0.717, 1.165) is 22.3 Å². The van der Waals surface area contributed by atoms with Crippen LogP contribution in [-0.4, -0.2) is 22.3 Å². The van der Waals surface area contributed by atoms with Crippen molar-refractivity contribution in [2.75, 3.05) is 17.9 Å². The number of nitrogens with one attached hydrogen (secondary N) is 2. The summed E-state index contributed by atoms with van der Waals surface area (Å²) in [6.07, 6.45) is 1.68. The van der Waals surface area contributed by atoms with Crippen molar-refractivity contribution >= 4 is 17.4 Å². The molecule has 3 heterocycles. The molecule has 2 aromatic rings. The highest BCUT2D eigenvalue weighted by Crippen LogP contribution is 2.38. The molecule has 7 heteroatoms. The molecule has 0 spiro atoms. The molecule has 2 atom stereocenters. The lowest BCUT2D eigenvalue weighted by molar-refractivity contribution is 0.187. The number of rotatable bonds is 2. The second kappa shape index (κ2) is 4.07. The number of benzene rings is 1. The van der Waals surface area contributed by atoms with Crippen molar-refractivity contribution < 1.29 is 9.47 Å². The van der Waals surface area contributed by atoms with Crippen LogP contribution in [0, 0.1) is 0 Å². The van der Waals surface area contributed by atoms with E-state index in [1.54, 1.807) is 7.11 Å². The van der Waals surface area contributed by atoms with Crippen molar-refractivity contribution in [2.45, 2.75) is 16.9 Å². The van der Waals surface area contributed by atoms with E-state index < -0.39 is 0 Å². The Bertz CT molecular complexity index is 581. The Labute approximate surface area is 114 Å². The van der Waals surface area contributed by atoms with Gasteiger partial charge in [0, 0.05) is 7.11 Å². The van der Waals surface area contributed by atoms with E-state index >= 15 is 0 Å². The standard InChI is InChI=1S/C12H12N4O2S/c1-17-12-15-16-6-8(14-11(16)19-12)10-13-7-4-2-3-5-9(7)18-10/h2-6,10,12-13,15H,1H3. The lowest BCUT2D eigenvalue weighted by Gasteiger charge is -2.10. The maximum Gasteiger partial charge on any atom is 0.215 e. The summed E-state index contributed by atoms with van der Waals surface area (Å²) < 4.78 is 12.9. The van der Waals surface area contributed by atoms with Gasteiger partial charge in [-0.2, -0.15) is 0 Å². The molecule has 98 valence electrons. The SMILES string of the molecule is COC1Nn2cc(C3Nc4ccccc4O3)nc2S1. The van der Waals surface area contributed by atoms with Gasteiger partial charge in [0.25, 0.3) is 0 Å². The Morgan fingerprint density at radius 1 is 1.42 bits per heavy atom. The number of para-hydroxylation sites is 2. The van der Waals surface area contributed by atoms with Crippen LogP contribution in [0.2, 0.25) is 0 Å². The zero-order valence-corrected chi connectivity index (χ0v) is 11.0. The first-order chi connectivity index (χ1) is 9.33. The summed E-state index contributed by atoms with van der Waals surface area (Å²) in [4.78, 5) is 4.55. The van der Waals surface area contributed by atoms with E-state index in [-0.39, 0.29) is 11.8 Å². The second-order valence-electron chi connectivity index (χ2n) is 4.27. The summed E-state index contributed by atoms with van der Waals surface area (Å²) in [5, 5.41) is 4.18. The molecule has 0 saturated heterocycles. The number of nitrogens with zero attached hydrogens (tertiary/aromatic N) is 2. The summed E-state index contributed by atoms with van der Waals surface area (Å²) in [5.41, 5.74) is 4.93. The van der Waals surface area contributed by atoms with Crippen LogP contribution in [0.3, 0.4) is 0 Å². The number of hydrogen-bond acceptors (Lipinski definition) is 6. The molecule has 2 aliphatic rings. The predicted molar refractivity (Wildman–Crippen MR) is 71.7 cm³/mol. The molecule has 2 aliphatic heterocycles. The molecular weight excluding hydrogens is 264 g/mol. The van der Waals surface area contributed by atoms with Crippen molar-refractivity contribution in [1.82, 2.24) is 9.66 Å². The molecule has 2 N–H and O–H groups in total. The Balaban J connectivity index is 1.57. The summed E-state index contributed by atoms with van der Waals surface area (Å²) in [6.45, 7) is 0. The average molecular weight is 276 g/mol. The first-order valence-corrected chi connectivity index (χ1v) is 6.79. The molecule has 0 aliphatic carbocycles. The van der Waals surface area contributed by atoms with Crippen molar-refractivity contribution in [3.05, 3.63) is 36.2 Å². The highest BCUT2D eigenvalue weighted by atomic mass is 32.2. The largest absolute Gasteiger partial charge is 0.463 e. The highest BCUT2D eigenvalue weighted by molar-refractivity contribution is 7.99. The van der Waals surface area contributed by atoms with E-state index in [0.29, 0.717) is 0 Å². The van der Waals surface area contributed by atoms with Crippen molar-refractivity contribution in [1.29, 1.82) is 0 Å². The first-order valence-electron chi connectivity index (χ1n) is 5.91. The number of hydrogen-bond donors (Lipinski definition) is 2. The minimum absolute atomic E-state index is 0.0776. The molecule has 0 fully saturated rings. The Morgan fingerprint density at radius 3 is 3.11 bits per heavy atom. The number of methoxy groups -OCH3 is 1. The van der Waals surface area contributed by atoms with Crippen molar-refractivity contribution in [3.8, 4) is 5.75 Å². The van der Waals surface area contributed by atoms with Crippen LogP contribution < -0.4 is 15.5 Å². The first kappa shape index (κ1) is 11.0. The lowest BCUT2D eigenvalue weighted by Crippen LogP contribution is -2.19. The van der Waals surface area contributed by atoms with Crippen LogP contribution in [0.5, 0.6) is 5.75 Å². The van der Waals surface area contributed by atoms with Gasteiger partial charge < -0.3 is 14.8 Å². The normalized spacial score (nSPS) is 23.2. The van der Waals surface area contributed by atoms with Gasteiger partial charge in [0.05, 0.1) is 11.9 Å². The third-order valence-corrected chi connectivity index (χ3v) is 4.06. The van der Waals surface area contributed by atoms with Gasteiger partial charge in [-0.25, -0.2) is 9.66 Å². The smallest absolute Gasteiger partial charge is 0.215 e. The summed E-state index contributed by atoms with van der Waals surface area (Å²) in [7, 11) is 1.66. The molecule has 0 radical (unpaired) electrons. The van der Waals surface area contributed by atoms with E-state index in [4.69, 9.17) is 9.47 Å². The number of thioether (sulfide) groups is 1. The molecule has 19 heavy (non-hydrogen) atoms. The summed E-state index contributed by atoms with van der Waals surface area (Å²) in [6, 6.07) is 7.87. The Morgan fingerprint density at radius 2 is 2.32 bits per heavy atom. The number of ether oxygens (including phenoxy) is 2. The maximum absolute atomic E-state index is 5.83. The van der Waals surface area contributed by atoms with E-state index in [9.17, 15) is 0 Å². The molecule has 4 rings (SSSR count). The molecule has 1 aromatic heterocycles. The molecule has 0 amide bonds. The van der Waals surface area contributed by atoms with Gasteiger partial charge in [-0.15, -0.1) is 0 Å². The van der Waals surface area contributed by atoms with Crippen molar-refractivity contribution in [3.63, 3.8) is 0 Å². The number of anilines is 1. The summed E-state index contributed by atoms with van der Waals surface area (Å²) in [5.74, 6) is 0.857. The minimum Gasteiger partial charge on any atom is -0.463 e. The van der Waals surface area contributed by atoms with Gasteiger partial charge in [-0.3, -0.25) is 5.43 Å². The second-order valence-corrected chi connectivity index (χ2v) is 5.30. The van der Waals surface area contributed by atoms with Crippen LogP contribution in [0.1, 0.15) is 11.9 Å². The van der Waals surface area contributed by atoms with E-state index in [2.05, 4.69) is 15.7 Å². The van der Waals surface area contributed by atoms with Crippen LogP contribution in [-0.2, 0) is 4.74 Å². The van der Waals surface area contributed by atoms with Gasteiger partial charge >= 0.3 is 0 Å². The fourth-order valence-corrected chi connectivity index (χ4v) is 2.97. The maximum atomic E-state index is 5.83. The zero-order chi connectivity index (χ0) is 12.8. The van der Waals surface area contributed by atoms with E-state index in [1.165, 1.54) is 11.8 Å². The van der Waals surface area contributed by atoms with Gasteiger partial charge in [-0.1, -0.05) is 12.1 Å². The van der Waals surface area contributed by atoms with Crippen LogP contribution in [0.15, 0.2) is 35.6 Å². The van der Waals surface area contributed by atoms with Crippen LogP contribution >= 0.6 is 11.8 Å². The van der Waals surface area contributed by atoms with Gasteiger partial charge in [0.1, 0.15) is 11.4 Å². The van der Waals surface area contributed by atoms with Crippen LogP contribution in [0.25, 0.3) is 0 Å². The van der Waals surface area contributed by atoms with Crippen molar-refractivity contribution in [2.24, 2.45) is 0 Å². The van der Waals surface area contributed by atoms with E-state index in [1.807, 2.05) is 35.1 Å². The lowest BCUT2D eigenvalue weighted by atomic mass is 10.3. The fourth-order valence-electron chi connectivity index (χ4n) is 2.14. The fraction of sp³-hybridized carbons (Fsp3) is 0.250. The summed E-state index contributed by atoms with van der Waals surface area (Å²) >= 11 is 1.53. The molecule has 2 unspecified atom stereocenters. The van der Waals surface area contributed by atoms with Gasteiger partial charge in [-0.05, 0) is 23.9 Å². The molecule has 1 aromatic carbocycles.